The fourth-order valence-corrected chi connectivity index (χ4v) is 2.29. The zero-order valence-electron chi connectivity index (χ0n) is 8.67. The molecule has 0 fully saturated rings. The van der Waals surface area contributed by atoms with E-state index in [1.54, 1.807) is 11.4 Å². The summed E-state index contributed by atoms with van der Waals surface area (Å²) in [5.41, 5.74) is 0.431. The molecule has 8 heteroatoms. The van der Waals surface area contributed by atoms with E-state index in [2.05, 4.69) is 19.6 Å². The number of nitrogens with zero attached hydrogens (tertiary/aromatic N) is 2. The molecule has 0 aromatic carbocycles. The predicted molar refractivity (Wildman–Crippen MR) is 63.5 cm³/mol. The summed E-state index contributed by atoms with van der Waals surface area (Å²) in [5, 5.41) is 7.88. The Morgan fingerprint density at radius 2 is 2.29 bits per heavy atom. The normalized spacial score (nSPS) is 9.94. The van der Waals surface area contributed by atoms with Gasteiger partial charge >= 0.3 is 5.97 Å². The van der Waals surface area contributed by atoms with Crippen LogP contribution in [0.2, 0.25) is 0 Å². The van der Waals surface area contributed by atoms with Crippen LogP contribution in [0.15, 0.2) is 17.6 Å². The molecule has 6 nitrogen and oxygen atoms in total. The lowest BCUT2D eigenvalue weighted by atomic mass is 10.3. The first-order valence-electron chi connectivity index (χ1n) is 4.47. The average molecular weight is 269 g/mol. The van der Waals surface area contributed by atoms with E-state index in [-0.39, 0.29) is 5.91 Å². The summed E-state index contributed by atoms with van der Waals surface area (Å²) >= 11 is 2.19. The maximum Gasteiger partial charge on any atom is 0.350 e. The molecule has 0 aliphatic heterocycles. The van der Waals surface area contributed by atoms with Gasteiger partial charge < -0.3 is 10.1 Å². The van der Waals surface area contributed by atoms with Gasteiger partial charge in [-0.05, 0) is 23.0 Å². The summed E-state index contributed by atoms with van der Waals surface area (Å²) in [5.74, 6) is -0.818. The molecular formula is C9H7N3O3S2. The summed E-state index contributed by atoms with van der Waals surface area (Å²) in [6.07, 6.45) is 1.37. The molecule has 17 heavy (non-hydrogen) atoms. The predicted octanol–water partition coefficient (Wildman–Crippen LogP) is 1.64. The lowest BCUT2D eigenvalue weighted by molar-refractivity contribution is 0.0607. The van der Waals surface area contributed by atoms with Crippen LogP contribution >= 0.6 is 22.9 Å². The lowest BCUT2D eigenvalue weighted by Gasteiger charge is -2.02. The number of nitrogens with one attached hydrogen (secondary N) is 1. The van der Waals surface area contributed by atoms with Crippen molar-refractivity contribution in [1.29, 1.82) is 0 Å². The molecule has 2 rings (SSSR count). The minimum atomic E-state index is -0.474. The van der Waals surface area contributed by atoms with Crippen LogP contribution in [0.1, 0.15) is 19.3 Å². The largest absolute Gasteiger partial charge is 0.465 e. The average Bonchev–Trinajstić information content (AvgIpc) is 2.98. The first-order valence-corrected chi connectivity index (χ1v) is 6.12. The van der Waals surface area contributed by atoms with Gasteiger partial charge in [0.25, 0.3) is 5.91 Å². The number of rotatable bonds is 3. The highest BCUT2D eigenvalue weighted by Crippen LogP contribution is 2.23. The molecule has 0 spiro atoms. The second-order valence-electron chi connectivity index (χ2n) is 2.89. The van der Waals surface area contributed by atoms with E-state index < -0.39 is 5.97 Å². The molecule has 1 amide bonds. The van der Waals surface area contributed by atoms with Crippen LogP contribution in [0.25, 0.3) is 0 Å². The van der Waals surface area contributed by atoms with Crippen molar-refractivity contribution >= 4 is 40.4 Å². The van der Waals surface area contributed by atoms with E-state index in [1.165, 1.54) is 24.6 Å². The number of aromatic nitrogens is 2. The highest BCUT2D eigenvalue weighted by Gasteiger charge is 2.17. The molecule has 0 unspecified atom stereocenters. The Bertz CT molecular complexity index is 535. The van der Waals surface area contributed by atoms with Gasteiger partial charge in [-0.15, -0.1) is 16.4 Å². The van der Waals surface area contributed by atoms with Gasteiger partial charge in [-0.25, -0.2) is 4.79 Å². The Morgan fingerprint density at radius 1 is 1.47 bits per heavy atom. The number of anilines is 1. The van der Waals surface area contributed by atoms with E-state index in [4.69, 9.17) is 0 Å². The Morgan fingerprint density at radius 3 is 2.94 bits per heavy atom. The number of methoxy groups -OCH3 is 1. The zero-order valence-corrected chi connectivity index (χ0v) is 10.3. The number of ether oxygens (including phenoxy) is 1. The number of hydrogen-bond donors (Lipinski definition) is 1. The standard InChI is InChI=1S/C9H7N3O3S2/c1-15-9(14)7-5(2-3-16-7)11-8(13)6-4-10-12-17-6/h2-4H,1H3,(H,11,13). The van der Waals surface area contributed by atoms with Crippen molar-refractivity contribution in [3.05, 3.63) is 27.4 Å². The van der Waals surface area contributed by atoms with Crippen molar-refractivity contribution in [3.8, 4) is 0 Å². The topological polar surface area (TPSA) is 81.2 Å². The van der Waals surface area contributed by atoms with Crippen LogP contribution in [-0.2, 0) is 4.74 Å². The van der Waals surface area contributed by atoms with E-state index in [0.29, 0.717) is 15.4 Å². The van der Waals surface area contributed by atoms with Crippen molar-refractivity contribution in [1.82, 2.24) is 9.59 Å². The second kappa shape index (κ2) is 5.02. The van der Waals surface area contributed by atoms with Crippen molar-refractivity contribution in [2.75, 3.05) is 12.4 Å². The van der Waals surface area contributed by atoms with Crippen LogP contribution in [0.4, 0.5) is 5.69 Å². The van der Waals surface area contributed by atoms with Crippen LogP contribution < -0.4 is 5.32 Å². The summed E-state index contributed by atoms with van der Waals surface area (Å²) < 4.78 is 8.19. The first kappa shape index (κ1) is 11.7. The van der Waals surface area contributed by atoms with Gasteiger partial charge in [0.2, 0.25) is 0 Å². The number of hydrogen-bond acceptors (Lipinski definition) is 7. The Labute approximate surface area is 104 Å². The van der Waals surface area contributed by atoms with Crippen molar-refractivity contribution in [3.63, 3.8) is 0 Å². The molecule has 0 saturated carbocycles. The maximum atomic E-state index is 11.7. The van der Waals surface area contributed by atoms with Gasteiger partial charge in [0.15, 0.2) is 0 Å². The van der Waals surface area contributed by atoms with Crippen molar-refractivity contribution in [2.24, 2.45) is 0 Å². The molecular weight excluding hydrogens is 262 g/mol. The van der Waals surface area contributed by atoms with Crippen molar-refractivity contribution < 1.29 is 14.3 Å². The monoisotopic (exact) mass is 269 g/mol. The first-order chi connectivity index (χ1) is 8.22. The zero-order chi connectivity index (χ0) is 12.3. The highest BCUT2D eigenvalue weighted by atomic mass is 32.1. The third-order valence-corrected chi connectivity index (χ3v) is 3.43. The fraction of sp³-hybridized carbons (Fsp3) is 0.111. The van der Waals surface area contributed by atoms with E-state index >= 15 is 0 Å². The molecule has 2 heterocycles. The molecule has 0 aliphatic rings. The second-order valence-corrected chi connectivity index (χ2v) is 4.59. The van der Waals surface area contributed by atoms with Crippen LogP contribution in [0.5, 0.6) is 0 Å². The molecule has 88 valence electrons. The molecule has 1 N–H and O–H groups in total. The fourth-order valence-electron chi connectivity index (χ4n) is 1.11. The number of carbonyl (C=O) groups is 2. The van der Waals surface area contributed by atoms with Gasteiger partial charge in [0, 0.05) is 0 Å². The molecule has 0 radical (unpaired) electrons. The number of carbonyl (C=O) groups excluding carboxylic acids is 2. The Balaban J connectivity index is 2.17. The van der Waals surface area contributed by atoms with E-state index in [9.17, 15) is 9.59 Å². The van der Waals surface area contributed by atoms with Crippen LogP contribution in [-0.4, -0.2) is 28.6 Å². The Kier molecular flexibility index (Phi) is 3.45. The van der Waals surface area contributed by atoms with Gasteiger partial charge in [0.05, 0.1) is 19.0 Å². The van der Waals surface area contributed by atoms with E-state index in [0.717, 1.165) is 11.5 Å². The summed E-state index contributed by atoms with van der Waals surface area (Å²) in [7, 11) is 1.29. The number of amides is 1. The minimum Gasteiger partial charge on any atom is -0.465 e. The van der Waals surface area contributed by atoms with Crippen LogP contribution in [0, 0.1) is 0 Å². The van der Waals surface area contributed by atoms with E-state index in [1.807, 2.05) is 0 Å². The quantitative estimate of drug-likeness (QED) is 0.857. The lowest BCUT2D eigenvalue weighted by Crippen LogP contribution is -2.12. The summed E-state index contributed by atoms with van der Waals surface area (Å²) in [6, 6.07) is 1.64. The number of thiophene rings is 1. The third-order valence-electron chi connectivity index (χ3n) is 1.87. The van der Waals surface area contributed by atoms with Gasteiger partial charge in [0.1, 0.15) is 9.75 Å². The SMILES string of the molecule is COC(=O)c1sccc1NC(=O)c1cnns1. The van der Waals surface area contributed by atoms with Gasteiger partial charge in [-0.1, -0.05) is 4.49 Å². The van der Waals surface area contributed by atoms with Gasteiger partial charge in [-0.2, -0.15) is 0 Å². The molecule has 0 aliphatic carbocycles. The van der Waals surface area contributed by atoms with Crippen LogP contribution in [0.3, 0.4) is 0 Å². The number of esters is 1. The minimum absolute atomic E-state index is 0.344. The van der Waals surface area contributed by atoms with Gasteiger partial charge in [-0.3, -0.25) is 4.79 Å². The molecule has 2 aromatic heterocycles. The Hall–Kier alpha value is -1.80. The molecule has 0 bridgehead atoms. The molecule has 2 aromatic rings. The maximum absolute atomic E-state index is 11.7. The van der Waals surface area contributed by atoms with Crippen molar-refractivity contribution in [2.45, 2.75) is 0 Å². The highest BCUT2D eigenvalue weighted by molar-refractivity contribution is 7.12. The third kappa shape index (κ3) is 2.48. The molecule has 0 atom stereocenters. The smallest absolute Gasteiger partial charge is 0.350 e. The molecule has 0 saturated heterocycles. The summed E-state index contributed by atoms with van der Waals surface area (Å²) in [4.78, 5) is 23.8. The summed E-state index contributed by atoms with van der Waals surface area (Å²) in [6.45, 7) is 0.